The molecule has 0 saturated carbocycles. The van der Waals surface area contributed by atoms with Gasteiger partial charge in [0, 0.05) is 38.7 Å². The maximum atomic E-state index is 12.3. The Bertz CT molecular complexity index is 575. The van der Waals surface area contributed by atoms with Crippen molar-refractivity contribution in [1.82, 2.24) is 9.80 Å². The van der Waals surface area contributed by atoms with E-state index < -0.39 is 0 Å². The van der Waals surface area contributed by atoms with Gasteiger partial charge in [-0.25, -0.2) is 0 Å². The third-order valence-electron chi connectivity index (χ3n) is 5.77. The molecule has 5 nitrogen and oxygen atoms in total. The van der Waals surface area contributed by atoms with E-state index in [-0.39, 0.29) is 5.54 Å². The van der Waals surface area contributed by atoms with Crippen LogP contribution in [0.4, 0.5) is 0 Å². The van der Waals surface area contributed by atoms with Crippen molar-refractivity contribution in [2.75, 3.05) is 40.5 Å². The molecule has 1 spiro atoms. The SMILES string of the molecule is COCCN1C(=O)CC[C@]12CCCN(Cc1ccc(OC)cc1)CC2. The number of hydrogen-bond acceptors (Lipinski definition) is 4. The highest BCUT2D eigenvalue weighted by Crippen LogP contribution is 2.39. The number of methoxy groups -OCH3 is 2. The molecular formula is C20H30N2O3. The summed E-state index contributed by atoms with van der Waals surface area (Å²) in [6.45, 7) is 4.46. The molecule has 1 aromatic carbocycles. The zero-order valence-corrected chi connectivity index (χ0v) is 15.5. The number of likely N-dealkylation sites (tertiary alicyclic amines) is 2. The summed E-state index contributed by atoms with van der Waals surface area (Å²) in [5, 5.41) is 0. The maximum Gasteiger partial charge on any atom is 0.223 e. The highest BCUT2D eigenvalue weighted by molar-refractivity contribution is 5.79. The van der Waals surface area contributed by atoms with Gasteiger partial charge in [-0.3, -0.25) is 9.69 Å². The molecular weight excluding hydrogens is 316 g/mol. The van der Waals surface area contributed by atoms with E-state index in [1.165, 1.54) is 5.56 Å². The van der Waals surface area contributed by atoms with Crippen LogP contribution in [0.1, 0.15) is 37.7 Å². The van der Waals surface area contributed by atoms with Crippen molar-refractivity contribution in [1.29, 1.82) is 0 Å². The number of carbonyl (C=O) groups excluding carboxylic acids is 1. The van der Waals surface area contributed by atoms with Gasteiger partial charge in [0.05, 0.1) is 13.7 Å². The van der Waals surface area contributed by atoms with Gasteiger partial charge in [0.25, 0.3) is 0 Å². The summed E-state index contributed by atoms with van der Waals surface area (Å²) in [5.41, 5.74) is 1.38. The van der Waals surface area contributed by atoms with E-state index in [0.29, 0.717) is 18.9 Å². The molecule has 0 N–H and O–H groups in total. The monoisotopic (exact) mass is 346 g/mol. The molecule has 1 atom stereocenters. The van der Waals surface area contributed by atoms with Gasteiger partial charge in [-0.1, -0.05) is 12.1 Å². The highest BCUT2D eigenvalue weighted by atomic mass is 16.5. The lowest BCUT2D eigenvalue weighted by molar-refractivity contribution is -0.132. The molecule has 3 rings (SSSR count). The van der Waals surface area contributed by atoms with E-state index in [2.05, 4.69) is 21.9 Å². The van der Waals surface area contributed by atoms with Crippen LogP contribution in [0.25, 0.3) is 0 Å². The Labute approximate surface area is 150 Å². The fourth-order valence-corrected chi connectivity index (χ4v) is 4.32. The predicted molar refractivity (Wildman–Crippen MR) is 97.7 cm³/mol. The summed E-state index contributed by atoms with van der Waals surface area (Å²) < 4.78 is 10.5. The molecule has 0 aliphatic carbocycles. The lowest BCUT2D eigenvalue weighted by Crippen LogP contribution is -2.47. The normalized spacial score (nSPS) is 24.7. The Hall–Kier alpha value is -1.59. The second kappa shape index (κ2) is 8.19. The number of rotatable bonds is 6. The molecule has 25 heavy (non-hydrogen) atoms. The third-order valence-corrected chi connectivity index (χ3v) is 5.77. The summed E-state index contributed by atoms with van der Waals surface area (Å²) >= 11 is 0. The molecule has 2 aliphatic rings. The molecule has 2 fully saturated rings. The van der Waals surface area contributed by atoms with Crippen molar-refractivity contribution in [3.05, 3.63) is 29.8 Å². The summed E-state index contributed by atoms with van der Waals surface area (Å²) in [7, 11) is 3.40. The number of amides is 1. The number of ether oxygens (including phenoxy) is 2. The maximum absolute atomic E-state index is 12.3. The van der Waals surface area contributed by atoms with E-state index in [1.54, 1.807) is 14.2 Å². The molecule has 2 saturated heterocycles. The van der Waals surface area contributed by atoms with Crippen LogP contribution in [-0.4, -0.2) is 61.7 Å². The average Bonchev–Trinajstić information content (AvgIpc) is 2.80. The van der Waals surface area contributed by atoms with Crippen molar-refractivity contribution in [3.63, 3.8) is 0 Å². The molecule has 138 valence electrons. The van der Waals surface area contributed by atoms with E-state index in [9.17, 15) is 4.79 Å². The number of benzene rings is 1. The molecule has 5 heteroatoms. The second-order valence-corrected chi connectivity index (χ2v) is 7.24. The minimum absolute atomic E-state index is 0.0598. The van der Waals surface area contributed by atoms with Crippen LogP contribution in [0.3, 0.4) is 0 Å². The molecule has 1 aromatic rings. The van der Waals surface area contributed by atoms with Gasteiger partial charge in [-0.05, 0) is 49.9 Å². The summed E-state index contributed by atoms with van der Waals surface area (Å²) in [5.74, 6) is 1.21. The number of hydrogen-bond donors (Lipinski definition) is 0. The van der Waals surface area contributed by atoms with E-state index >= 15 is 0 Å². The van der Waals surface area contributed by atoms with Crippen molar-refractivity contribution in [3.8, 4) is 5.75 Å². The number of nitrogens with zero attached hydrogens (tertiary/aromatic N) is 2. The van der Waals surface area contributed by atoms with Crippen molar-refractivity contribution >= 4 is 5.91 Å². The highest BCUT2D eigenvalue weighted by Gasteiger charge is 2.45. The lowest BCUT2D eigenvalue weighted by Gasteiger charge is -2.38. The average molecular weight is 346 g/mol. The van der Waals surface area contributed by atoms with E-state index in [1.807, 2.05) is 12.1 Å². The number of carbonyl (C=O) groups is 1. The van der Waals surface area contributed by atoms with Gasteiger partial charge in [-0.15, -0.1) is 0 Å². The molecule has 0 aromatic heterocycles. The first-order valence-corrected chi connectivity index (χ1v) is 9.31. The first kappa shape index (κ1) is 18.2. The largest absolute Gasteiger partial charge is 0.497 e. The summed E-state index contributed by atoms with van der Waals surface area (Å²) in [4.78, 5) is 17.0. The summed E-state index contributed by atoms with van der Waals surface area (Å²) in [6, 6.07) is 8.33. The van der Waals surface area contributed by atoms with Gasteiger partial charge < -0.3 is 14.4 Å². The Balaban J connectivity index is 1.62. The Morgan fingerprint density at radius 3 is 2.60 bits per heavy atom. The van der Waals surface area contributed by atoms with Gasteiger partial charge in [-0.2, -0.15) is 0 Å². The Morgan fingerprint density at radius 2 is 1.88 bits per heavy atom. The first-order valence-electron chi connectivity index (χ1n) is 9.31. The van der Waals surface area contributed by atoms with Crippen molar-refractivity contribution in [2.45, 2.75) is 44.2 Å². The fraction of sp³-hybridized carbons (Fsp3) is 0.650. The van der Waals surface area contributed by atoms with Crippen LogP contribution in [0.15, 0.2) is 24.3 Å². The molecule has 0 bridgehead atoms. The quantitative estimate of drug-likeness (QED) is 0.794. The van der Waals surface area contributed by atoms with E-state index in [0.717, 1.165) is 57.6 Å². The van der Waals surface area contributed by atoms with Crippen LogP contribution in [0.2, 0.25) is 0 Å². The Kier molecular flexibility index (Phi) is 5.97. The first-order chi connectivity index (χ1) is 12.2. The minimum atomic E-state index is 0.0598. The van der Waals surface area contributed by atoms with Crippen molar-refractivity contribution < 1.29 is 14.3 Å². The van der Waals surface area contributed by atoms with Gasteiger partial charge in [0.1, 0.15) is 5.75 Å². The van der Waals surface area contributed by atoms with Crippen LogP contribution in [0.5, 0.6) is 5.75 Å². The smallest absolute Gasteiger partial charge is 0.223 e. The molecule has 1 amide bonds. The van der Waals surface area contributed by atoms with Crippen LogP contribution < -0.4 is 4.74 Å². The van der Waals surface area contributed by atoms with Gasteiger partial charge in [0.15, 0.2) is 0 Å². The molecule has 0 radical (unpaired) electrons. The fourth-order valence-electron chi connectivity index (χ4n) is 4.32. The lowest BCUT2D eigenvalue weighted by atomic mass is 9.88. The minimum Gasteiger partial charge on any atom is -0.497 e. The van der Waals surface area contributed by atoms with E-state index in [4.69, 9.17) is 9.47 Å². The summed E-state index contributed by atoms with van der Waals surface area (Å²) in [6.07, 6.45) is 5.03. The molecule has 2 aliphatic heterocycles. The van der Waals surface area contributed by atoms with Gasteiger partial charge >= 0.3 is 0 Å². The standard InChI is InChI=1S/C20H30N2O3/c1-24-15-14-22-19(23)8-10-20(22)9-3-12-21(13-11-20)16-17-4-6-18(25-2)7-5-17/h4-7H,3,8-16H2,1-2H3/t20-/m0/s1. The van der Waals surface area contributed by atoms with Gasteiger partial charge in [0.2, 0.25) is 5.91 Å². The molecule has 2 heterocycles. The van der Waals surface area contributed by atoms with Crippen LogP contribution >= 0.6 is 0 Å². The second-order valence-electron chi connectivity index (χ2n) is 7.24. The Morgan fingerprint density at radius 1 is 1.08 bits per heavy atom. The molecule has 0 unspecified atom stereocenters. The van der Waals surface area contributed by atoms with Crippen LogP contribution in [-0.2, 0) is 16.1 Å². The topological polar surface area (TPSA) is 42.0 Å². The predicted octanol–water partition coefficient (Wildman–Crippen LogP) is 2.69. The third kappa shape index (κ3) is 4.15. The zero-order chi connectivity index (χ0) is 17.7. The van der Waals surface area contributed by atoms with Crippen LogP contribution in [0, 0.1) is 0 Å². The zero-order valence-electron chi connectivity index (χ0n) is 15.5. The van der Waals surface area contributed by atoms with Crippen molar-refractivity contribution in [2.24, 2.45) is 0 Å².